The van der Waals surface area contributed by atoms with Gasteiger partial charge in [0.15, 0.2) is 6.10 Å². The van der Waals surface area contributed by atoms with Gasteiger partial charge in [-0.05, 0) is 38.2 Å². The van der Waals surface area contributed by atoms with Crippen molar-refractivity contribution in [2.24, 2.45) is 17.6 Å². The van der Waals surface area contributed by atoms with E-state index in [1.165, 1.54) is 20.3 Å². The first kappa shape index (κ1) is 37.5. The lowest BCUT2D eigenvalue weighted by Crippen LogP contribution is -2.37. The van der Waals surface area contributed by atoms with Crippen molar-refractivity contribution in [1.29, 1.82) is 0 Å². The average molecular weight is 622 g/mol. The van der Waals surface area contributed by atoms with E-state index in [0.717, 1.165) is 6.08 Å². The second-order valence-corrected chi connectivity index (χ2v) is 10.6. The maximum atomic E-state index is 13.5. The number of rotatable bonds is 6. The van der Waals surface area contributed by atoms with Gasteiger partial charge in [0.1, 0.15) is 6.10 Å². The van der Waals surface area contributed by atoms with E-state index in [-0.39, 0.29) is 53.8 Å². The summed E-state index contributed by atoms with van der Waals surface area (Å²) in [4.78, 5) is 51.3. The molecule has 2 bridgehead atoms. The third-order valence-electron chi connectivity index (χ3n) is 7.22. The smallest absolute Gasteiger partial charge is 0.405 e. The van der Waals surface area contributed by atoms with Crippen molar-refractivity contribution in [3.8, 4) is 0 Å². The first-order chi connectivity index (χ1) is 19.8. The molecule has 1 aliphatic carbocycles. The molecule has 11 nitrogen and oxygen atoms in total. The van der Waals surface area contributed by atoms with Crippen molar-refractivity contribution < 1.29 is 38.5 Å². The van der Waals surface area contributed by atoms with E-state index in [2.05, 4.69) is 17.2 Å². The SMILES string of the molecule is C=CCNC1=C2C[C@@H](C)C[C@H](OC)[C@H](O)[C@@H](C)/C=C(\C)[C@H](OC(N)=O)[C@@H](OC)/C=C\C=C(/C)C(=O)NC(=CC1=O)C2=O.Cl. The van der Waals surface area contributed by atoms with E-state index < -0.39 is 53.9 Å². The number of ether oxygens (including phenoxy) is 3. The van der Waals surface area contributed by atoms with Crippen LogP contribution in [0.5, 0.6) is 0 Å². The monoisotopic (exact) mass is 621 g/mol. The first-order valence-corrected chi connectivity index (χ1v) is 13.8. The van der Waals surface area contributed by atoms with Gasteiger partial charge in [0, 0.05) is 43.9 Å². The molecule has 238 valence electrons. The molecule has 5 N–H and O–H groups in total. The van der Waals surface area contributed by atoms with Gasteiger partial charge in [-0.3, -0.25) is 14.4 Å². The Morgan fingerprint density at radius 1 is 1.21 bits per heavy atom. The number of fused-ring (bicyclic) bond motifs is 2. The molecule has 0 radical (unpaired) electrons. The number of carbonyl (C=O) groups is 4. The van der Waals surface area contributed by atoms with Crippen LogP contribution in [0, 0.1) is 11.8 Å². The molecule has 0 saturated heterocycles. The van der Waals surface area contributed by atoms with E-state index in [9.17, 15) is 24.3 Å². The summed E-state index contributed by atoms with van der Waals surface area (Å²) >= 11 is 0. The highest BCUT2D eigenvalue weighted by atomic mass is 35.5. The number of primary amides is 1. The number of methoxy groups -OCH3 is 2. The number of allylic oxidation sites excluding steroid dienone is 4. The largest absolute Gasteiger partial charge is 0.439 e. The second kappa shape index (κ2) is 17.6. The Kier molecular flexibility index (Phi) is 15.3. The number of nitrogens with two attached hydrogens (primary N) is 1. The van der Waals surface area contributed by atoms with Gasteiger partial charge in [0.25, 0.3) is 5.91 Å². The summed E-state index contributed by atoms with van der Waals surface area (Å²) < 4.78 is 16.6. The molecular formula is C31H44ClN3O8. The number of aliphatic hydroxyl groups is 1. The van der Waals surface area contributed by atoms with Gasteiger partial charge in [-0.1, -0.05) is 44.2 Å². The zero-order valence-corrected chi connectivity index (χ0v) is 26.4. The predicted molar refractivity (Wildman–Crippen MR) is 165 cm³/mol. The number of carbonyl (C=O) groups excluding carboxylic acids is 4. The molecule has 12 heteroatoms. The topological polar surface area (TPSA) is 166 Å². The summed E-state index contributed by atoms with van der Waals surface area (Å²) in [6, 6.07) is 0. The lowest BCUT2D eigenvalue weighted by molar-refractivity contribution is -0.120. The minimum Gasteiger partial charge on any atom is -0.439 e. The van der Waals surface area contributed by atoms with Gasteiger partial charge in [-0.2, -0.15) is 0 Å². The second-order valence-electron chi connectivity index (χ2n) is 10.6. The highest BCUT2D eigenvalue weighted by Crippen LogP contribution is 2.28. The fraction of sp³-hybridized carbons (Fsp3) is 0.484. The maximum absolute atomic E-state index is 13.5. The number of halogens is 1. The molecule has 6 atom stereocenters. The molecule has 0 spiro atoms. The van der Waals surface area contributed by atoms with Crippen LogP contribution in [0.4, 0.5) is 4.79 Å². The third-order valence-corrected chi connectivity index (χ3v) is 7.22. The Bertz CT molecular complexity index is 1220. The Hall–Kier alpha value is -3.51. The molecule has 2 aliphatic rings. The number of hydrogen-bond donors (Lipinski definition) is 4. The minimum atomic E-state index is -1.00. The molecule has 1 heterocycles. The molecule has 0 unspecified atom stereocenters. The standard InChI is InChI=1S/C31H43N3O8.ClH/c1-8-12-33-26-21-13-17(2)14-25(41-7)27(36)19(4)15-20(5)29(42-31(32)39)24(40-6)11-9-10-18(3)30(38)34-22(28(21)37)16-23(26)35;/h8-11,15-17,19,24-25,27,29,33,36H,1,12-14H2,2-7H3,(H2,32,39)(H,34,38);1H/b11-9-,18-10+,20-15+;/t17-,19+,24+,25+,27-,29+;/m1./s1. The molecule has 0 fully saturated rings. The van der Waals surface area contributed by atoms with Crippen molar-refractivity contribution in [2.45, 2.75) is 65.0 Å². The fourth-order valence-electron chi connectivity index (χ4n) is 4.95. The summed E-state index contributed by atoms with van der Waals surface area (Å²) in [7, 11) is 2.92. The van der Waals surface area contributed by atoms with Crippen LogP contribution in [-0.2, 0) is 28.6 Å². The Balaban J connectivity index is 0.00000924. The lowest BCUT2D eigenvalue weighted by Gasteiger charge is -2.30. The number of hydrogen-bond acceptors (Lipinski definition) is 9. The quantitative estimate of drug-likeness (QED) is 0.258. The lowest BCUT2D eigenvalue weighted by atomic mass is 9.85. The molecule has 2 rings (SSSR count). The summed E-state index contributed by atoms with van der Waals surface area (Å²) in [5, 5.41) is 16.7. The van der Waals surface area contributed by atoms with Gasteiger partial charge in [0.2, 0.25) is 11.6 Å². The van der Waals surface area contributed by atoms with Gasteiger partial charge < -0.3 is 35.7 Å². The normalized spacial score (nSPS) is 30.9. The van der Waals surface area contributed by atoms with Crippen LogP contribution in [0.25, 0.3) is 0 Å². The van der Waals surface area contributed by atoms with Crippen molar-refractivity contribution in [3.05, 3.63) is 71.1 Å². The van der Waals surface area contributed by atoms with Crippen molar-refractivity contribution in [1.82, 2.24) is 10.6 Å². The highest BCUT2D eigenvalue weighted by molar-refractivity contribution is 6.23. The first-order valence-electron chi connectivity index (χ1n) is 13.8. The van der Waals surface area contributed by atoms with E-state index in [4.69, 9.17) is 19.9 Å². The summed E-state index contributed by atoms with van der Waals surface area (Å²) in [6.45, 7) is 10.9. The van der Waals surface area contributed by atoms with Crippen LogP contribution in [0.15, 0.2) is 71.1 Å². The van der Waals surface area contributed by atoms with E-state index in [1.54, 1.807) is 45.1 Å². The summed E-state index contributed by atoms with van der Waals surface area (Å²) in [5.74, 6) is -2.14. The Labute approximate surface area is 259 Å². The predicted octanol–water partition coefficient (Wildman–Crippen LogP) is 2.96. The molecular weight excluding hydrogens is 578 g/mol. The molecule has 0 aromatic carbocycles. The van der Waals surface area contributed by atoms with E-state index in [1.807, 2.05) is 6.92 Å². The van der Waals surface area contributed by atoms with Crippen molar-refractivity contribution in [3.63, 3.8) is 0 Å². The third kappa shape index (κ3) is 10.3. The highest BCUT2D eigenvalue weighted by Gasteiger charge is 2.33. The van der Waals surface area contributed by atoms with Gasteiger partial charge in [0.05, 0.1) is 23.6 Å². The Morgan fingerprint density at radius 2 is 1.88 bits per heavy atom. The van der Waals surface area contributed by atoms with Gasteiger partial charge in [-0.25, -0.2) is 4.79 Å². The molecule has 0 saturated carbocycles. The zero-order chi connectivity index (χ0) is 31.6. The average Bonchev–Trinajstić information content (AvgIpc) is 2.94. The molecule has 0 aromatic rings. The number of aliphatic hydroxyl groups excluding tert-OH is 1. The Morgan fingerprint density at radius 3 is 2.47 bits per heavy atom. The minimum absolute atomic E-state index is 0. The number of amides is 2. The van der Waals surface area contributed by atoms with Gasteiger partial charge in [-0.15, -0.1) is 19.0 Å². The fourth-order valence-corrected chi connectivity index (χ4v) is 4.95. The molecule has 43 heavy (non-hydrogen) atoms. The number of Topliss-reactive ketones (excluding diaryl/α,β-unsaturated/α-hetero) is 1. The van der Waals surface area contributed by atoms with Crippen LogP contribution in [0.3, 0.4) is 0 Å². The maximum Gasteiger partial charge on any atom is 0.405 e. The number of ketones is 2. The molecule has 0 aromatic heterocycles. The van der Waals surface area contributed by atoms with Crippen LogP contribution in [0.2, 0.25) is 0 Å². The van der Waals surface area contributed by atoms with Crippen LogP contribution < -0.4 is 16.4 Å². The zero-order valence-electron chi connectivity index (χ0n) is 25.5. The van der Waals surface area contributed by atoms with Crippen molar-refractivity contribution >= 4 is 36.0 Å². The van der Waals surface area contributed by atoms with E-state index in [0.29, 0.717) is 12.0 Å². The van der Waals surface area contributed by atoms with Crippen LogP contribution >= 0.6 is 12.4 Å². The molecule has 2 amide bonds. The van der Waals surface area contributed by atoms with Crippen LogP contribution in [0.1, 0.15) is 40.5 Å². The van der Waals surface area contributed by atoms with Crippen LogP contribution in [-0.4, -0.2) is 73.9 Å². The van der Waals surface area contributed by atoms with Gasteiger partial charge >= 0.3 is 6.09 Å². The summed E-state index contributed by atoms with van der Waals surface area (Å²) in [5.41, 5.74) is 6.42. The summed E-state index contributed by atoms with van der Waals surface area (Å²) in [6.07, 6.45) is 5.34. The van der Waals surface area contributed by atoms with E-state index >= 15 is 0 Å². The van der Waals surface area contributed by atoms with Crippen molar-refractivity contribution in [2.75, 3.05) is 20.8 Å². The number of nitrogens with one attached hydrogen (secondary N) is 2. The molecule has 1 aliphatic heterocycles.